The number of ether oxygens (including phenoxy) is 1. The lowest BCUT2D eigenvalue weighted by atomic mass is 10.0. The zero-order chi connectivity index (χ0) is 16.9. The number of halogens is 1. The summed E-state index contributed by atoms with van der Waals surface area (Å²) in [6.45, 7) is 1.32. The Morgan fingerprint density at radius 3 is 2.92 bits per heavy atom. The molecule has 2 atom stereocenters. The molecular formula is C18H25IN4OS. The van der Waals surface area contributed by atoms with E-state index in [0.717, 1.165) is 17.7 Å². The van der Waals surface area contributed by atoms with Crippen LogP contribution in [0.2, 0.25) is 0 Å². The molecule has 2 heterocycles. The Bertz CT molecular complexity index is 690. The molecular weight excluding hydrogens is 447 g/mol. The van der Waals surface area contributed by atoms with Gasteiger partial charge in [0.2, 0.25) is 0 Å². The van der Waals surface area contributed by atoms with Gasteiger partial charge in [-0.3, -0.25) is 4.99 Å². The molecule has 1 aromatic heterocycles. The van der Waals surface area contributed by atoms with E-state index in [1.165, 1.54) is 5.56 Å². The highest BCUT2D eigenvalue weighted by molar-refractivity contribution is 14.0. The van der Waals surface area contributed by atoms with Crippen molar-refractivity contribution in [3.8, 4) is 5.75 Å². The fraction of sp³-hybridized carbons (Fsp3) is 0.389. The lowest BCUT2D eigenvalue weighted by molar-refractivity contribution is 0.262. The van der Waals surface area contributed by atoms with E-state index in [1.54, 1.807) is 11.3 Å². The third-order valence-electron chi connectivity index (χ3n) is 4.27. The summed E-state index contributed by atoms with van der Waals surface area (Å²) in [6, 6.07) is 10.6. The van der Waals surface area contributed by atoms with Crippen molar-refractivity contribution in [3.05, 3.63) is 52.2 Å². The molecule has 0 aliphatic carbocycles. The van der Waals surface area contributed by atoms with Crippen molar-refractivity contribution in [2.24, 2.45) is 10.7 Å². The predicted octanol–water partition coefficient (Wildman–Crippen LogP) is 3.40. The zero-order valence-corrected chi connectivity index (χ0v) is 17.7. The van der Waals surface area contributed by atoms with Gasteiger partial charge in [-0.15, -0.1) is 24.0 Å². The zero-order valence-electron chi connectivity index (χ0n) is 14.5. The molecule has 136 valence electrons. The highest BCUT2D eigenvalue weighted by Crippen LogP contribution is 2.31. The molecule has 2 aromatic rings. The SMILES string of the molecule is CN(C)C(CN=C(N)NC1CCOc2ccccc21)c1ccsc1.I. The van der Waals surface area contributed by atoms with Crippen LogP contribution in [0.15, 0.2) is 46.1 Å². The molecule has 1 aliphatic heterocycles. The molecule has 3 rings (SSSR count). The molecule has 0 saturated heterocycles. The maximum Gasteiger partial charge on any atom is 0.189 e. The number of likely N-dealkylation sites (N-methyl/N-ethyl adjacent to an activating group) is 1. The maximum atomic E-state index is 6.15. The Labute approximate surface area is 170 Å². The number of para-hydroxylation sites is 1. The first-order chi connectivity index (χ1) is 11.6. The van der Waals surface area contributed by atoms with Gasteiger partial charge < -0.3 is 20.7 Å². The molecule has 0 fully saturated rings. The summed E-state index contributed by atoms with van der Waals surface area (Å²) in [7, 11) is 4.13. The van der Waals surface area contributed by atoms with Gasteiger partial charge in [-0.2, -0.15) is 11.3 Å². The second-order valence-electron chi connectivity index (χ2n) is 6.13. The van der Waals surface area contributed by atoms with Crippen molar-refractivity contribution < 1.29 is 4.74 Å². The minimum absolute atomic E-state index is 0. The van der Waals surface area contributed by atoms with Gasteiger partial charge >= 0.3 is 0 Å². The largest absolute Gasteiger partial charge is 0.493 e. The molecule has 1 aromatic carbocycles. The molecule has 25 heavy (non-hydrogen) atoms. The first-order valence-electron chi connectivity index (χ1n) is 8.12. The summed E-state index contributed by atoms with van der Waals surface area (Å²) in [6.07, 6.45) is 0.884. The predicted molar refractivity (Wildman–Crippen MR) is 115 cm³/mol. The molecule has 1 aliphatic rings. The molecule has 5 nitrogen and oxygen atoms in total. The second-order valence-corrected chi connectivity index (χ2v) is 6.91. The van der Waals surface area contributed by atoms with Crippen LogP contribution in [0.3, 0.4) is 0 Å². The average molecular weight is 472 g/mol. The van der Waals surface area contributed by atoms with E-state index >= 15 is 0 Å². The summed E-state index contributed by atoms with van der Waals surface area (Å²) in [5, 5.41) is 7.61. The summed E-state index contributed by atoms with van der Waals surface area (Å²) >= 11 is 1.70. The number of thiophene rings is 1. The Morgan fingerprint density at radius 1 is 1.40 bits per heavy atom. The van der Waals surface area contributed by atoms with Gasteiger partial charge in [-0.25, -0.2) is 0 Å². The van der Waals surface area contributed by atoms with Crippen LogP contribution in [-0.4, -0.2) is 38.1 Å². The number of hydrogen-bond acceptors (Lipinski definition) is 4. The Hall–Kier alpha value is -1.32. The summed E-state index contributed by atoms with van der Waals surface area (Å²) in [4.78, 5) is 6.74. The molecule has 0 radical (unpaired) electrons. The van der Waals surface area contributed by atoms with Crippen LogP contribution < -0.4 is 15.8 Å². The summed E-state index contributed by atoms with van der Waals surface area (Å²) in [5.41, 5.74) is 8.56. The normalized spacial score (nSPS) is 18.0. The van der Waals surface area contributed by atoms with E-state index in [2.05, 4.69) is 52.2 Å². The highest BCUT2D eigenvalue weighted by atomic mass is 127. The highest BCUT2D eigenvalue weighted by Gasteiger charge is 2.21. The van der Waals surface area contributed by atoms with Gasteiger partial charge in [-0.05, 0) is 42.6 Å². The van der Waals surface area contributed by atoms with E-state index in [4.69, 9.17) is 10.5 Å². The van der Waals surface area contributed by atoms with Crippen LogP contribution in [0.5, 0.6) is 5.75 Å². The van der Waals surface area contributed by atoms with E-state index < -0.39 is 0 Å². The number of nitrogens with zero attached hydrogens (tertiary/aromatic N) is 2. The first-order valence-corrected chi connectivity index (χ1v) is 9.06. The van der Waals surface area contributed by atoms with Gasteiger partial charge in [0.1, 0.15) is 5.75 Å². The Kier molecular flexibility index (Phi) is 7.52. The van der Waals surface area contributed by atoms with Crippen LogP contribution in [0.4, 0.5) is 0 Å². The van der Waals surface area contributed by atoms with Crippen molar-refractivity contribution in [1.82, 2.24) is 10.2 Å². The van der Waals surface area contributed by atoms with Gasteiger partial charge in [0.15, 0.2) is 5.96 Å². The van der Waals surface area contributed by atoms with Gasteiger partial charge in [0.25, 0.3) is 0 Å². The minimum Gasteiger partial charge on any atom is -0.493 e. The van der Waals surface area contributed by atoms with Gasteiger partial charge in [-0.1, -0.05) is 18.2 Å². The number of rotatable bonds is 5. The quantitative estimate of drug-likeness (QED) is 0.398. The second kappa shape index (κ2) is 9.40. The van der Waals surface area contributed by atoms with Crippen LogP contribution in [0, 0.1) is 0 Å². The summed E-state index contributed by atoms with van der Waals surface area (Å²) in [5.74, 6) is 1.41. The maximum absolute atomic E-state index is 6.15. The molecule has 0 spiro atoms. The number of nitrogens with two attached hydrogens (primary N) is 1. The fourth-order valence-corrected chi connectivity index (χ4v) is 3.64. The smallest absolute Gasteiger partial charge is 0.189 e. The summed E-state index contributed by atoms with van der Waals surface area (Å²) < 4.78 is 5.69. The molecule has 3 N–H and O–H groups in total. The van der Waals surface area contributed by atoms with E-state index in [9.17, 15) is 0 Å². The van der Waals surface area contributed by atoms with E-state index in [1.807, 2.05) is 18.2 Å². The monoisotopic (exact) mass is 472 g/mol. The number of fused-ring (bicyclic) bond motifs is 1. The average Bonchev–Trinajstić information content (AvgIpc) is 3.09. The van der Waals surface area contributed by atoms with Crippen LogP contribution >= 0.6 is 35.3 Å². The van der Waals surface area contributed by atoms with Crippen LogP contribution in [0.25, 0.3) is 0 Å². The van der Waals surface area contributed by atoms with Crippen LogP contribution in [0.1, 0.15) is 29.6 Å². The number of aliphatic imine (C=N–C) groups is 1. The molecule has 0 bridgehead atoms. The number of benzene rings is 1. The lowest BCUT2D eigenvalue weighted by Crippen LogP contribution is -2.38. The van der Waals surface area contributed by atoms with Crippen LogP contribution in [-0.2, 0) is 0 Å². The molecule has 0 amide bonds. The molecule has 2 unspecified atom stereocenters. The van der Waals surface area contributed by atoms with Gasteiger partial charge in [0, 0.05) is 12.0 Å². The Balaban J connectivity index is 0.00000225. The fourth-order valence-electron chi connectivity index (χ4n) is 2.93. The van der Waals surface area contributed by atoms with Crippen molar-refractivity contribution in [1.29, 1.82) is 0 Å². The van der Waals surface area contributed by atoms with Crippen molar-refractivity contribution in [2.75, 3.05) is 27.2 Å². The Morgan fingerprint density at radius 2 is 2.20 bits per heavy atom. The standard InChI is InChI=1S/C18H24N4OS.HI/c1-22(2)16(13-8-10-24-12-13)11-20-18(19)21-15-7-9-23-17-6-4-3-5-14(15)17;/h3-6,8,10,12,15-16H,7,9,11H2,1-2H3,(H3,19,20,21);1H. The third-order valence-corrected chi connectivity index (χ3v) is 4.97. The lowest BCUT2D eigenvalue weighted by Gasteiger charge is -2.27. The number of guanidine groups is 1. The minimum atomic E-state index is 0. The first kappa shape index (κ1) is 20.0. The topological polar surface area (TPSA) is 62.9 Å². The molecule has 0 saturated carbocycles. The number of nitrogens with one attached hydrogen (secondary N) is 1. The van der Waals surface area contributed by atoms with Crippen molar-refractivity contribution in [2.45, 2.75) is 18.5 Å². The van der Waals surface area contributed by atoms with Crippen molar-refractivity contribution in [3.63, 3.8) is 0 Å². The van der Waals surface area contributed by atoms with Gasteiger partial charge in [0.05, 0.1) is 25.2 Å². The van der Waals surface area contributed by atoms with E-state index in [0.29, 0.717) is 19.1 Å². The van der Waals surface area contributed by atoms with E-state index in [-0.39, 0.29) is 36.1 Å². The third kappa shape index (κ3) is 5.08. The molecule has 7 heteroatoms. The van der Waals surface area contributed by atoms with Crippen molar-refractivity contribution >= 4 is 41.3 Å². The number of hydrogen-bond donors (Lipinski definition) is 2.